The number of carbonyl (C=O) groups is 1. The summed E-state index contributed by atoms with van der Waals surface area (Å²) in [6, 6.07) is 11.5. The molecule has 0 radical (unpaired) electrons. The Bertz CT molecular complexity index is 939. The van der Waals surface area contributed by atoms with Crippen molar-refractivity contribution in [3.8, 4) is 11.5 Å². The van der Waals surface area contributed by atoms with Crippen molar-refractivity contribution in [2.24, 2.45) is 0 Å². The SMILES string of the molecule is COc1cccc(N([C@@H](C)C(=O)NCCOc2cc(C)cc(C)c2)S(C)(=O)=O)c1. The van der Waals surface area contributed by atoms with Crippen LogP contribution in [0.2, 0.25) is 0 Å². The summed E-state index contributed by atoms with van der Waals surface area (Å²) in [6.07, 6.45) is 1.07. The van der Waals surface area contributed by atoms with Crippen LogP contribution in [-0.2, 0) is 14.8 Å². The van der Waals surface area contributed by atoms with E-state index in [2.05, 4.69) is 11.4 Å². The molecule has 0 aliphatic heterocycles. The number of nitrogens with zero attached hydrogens (tertiary/aromatic N) is 1. The van der Waals surface area contributed by atoms with Crippen LogP contribution in [0.3, 0.4) is 0 Å². The molecule has 158 valence electrons. The summed E-state index contributed by atoms with van der Waals surface area (Å²) in [7, 11) is -2.19. The summed E-state index contributed by atoms with van der Waals surface area (Å²) < 4.78 is 36.6. The van der Waals surface area contributed by atoms with Crippen LogP contribution in [0, 0.1) is 13.8 Å². The number of nitrogens with one attached hydrogen (secondary N) is 1. The number of aryl methyl sites for hydroxylation is 2. The second-order valence-electron chi connectivity index (χ2n) is 6.90. The van der Waals surface area contributed by atoms with E-state index in [9.17, 15) is 13.2 Å². The van der Waals surface area contributed by atoms with Gasteiger partial charge in [-0.25, -0.2) is 8.42 Å². The maximum atomic E-state index is 12.6. The highest BCUT2D eigenvalue weighted by molar-refractivity contribution is 7.92. The van der Waals surface area contributed by atoms with Gasteiger partial charge in [0.2, 0.25) is 15.9 Å². The zero-order chi connectivity index (χ0) is 21.6. The lowest BCUT2D eigenvalue weighted by Crippen LogP contribution is -2.48. The largest absolute Gasteiger partial charge is 0.497 e. The first kappa shape index (κ1) is 22.5. The van der Waals surface area contributed by atoms with Crippen molar-refractivity contribution in [2.75, 3.05) is 30.8 Å². The van der Waals surface area contributed by atoms with E-state index in [0.29, 0.717) is 11.4 Å². The van der Waals surface area contributed by atoms with Crippen molar-refractivity contribution >= 4 is 21.6 Å². The molecule has 7 nitrogen and oxygen atoms in total. The van der Waals surface area contributed by atoms with Crippen LogP contribution in [0.5, 0.6) is 11.5 Å². The lowest BCUT2D eigenvalue weighted by atomic mass is 10.1. The number of sulfonamides is 1. The lowest BCUT2D eigenvalue weighted by molar-refractivity contribution is -0.121. The van der Waals surface area contributed by atoms with Crippen LogP contribution in [0.4, 0.5) is 5.69 Å². The first-order valence-electron chi connectivity index (χ1n) is 9.24. The zero-order valence-electron chi connectivity index (χ0n) is 17.4. The van der Waals surface area contributed by atoms with E-state index in [1.165, 1.54) is 7.11 Å². The Morgan fingerprint density at radius 1 is 1.10 bits per heavy atom. The molecule has 0 spiro atoms. The van der Waals surface area contributed by atoms with E-state index in [-0.39, 0.29) is 13.2 Å². The van der Waals surface area contributed by atoms with Crippen LogP contribution in [0.1, 0.15) is 18.1 Å². The minimum absolute atomic E-state index is 0.256. The minimum Gasteiger partial charge on any atom is -0.497 e. The molecule has 0 fully saturated rings. The summed E-state index contributed by atoms with van der Waals surface area (Å²) in [5.41, 5.74) is 2.56. The van der Waals surface area contributed by atoms with Gasteiger partial charge in [-0.3, -0.25) is 9.10 Å². The third-order valence-electron chi connectivity index (χ3n) is 4.26. The van der Waals surface area contributed by atoms with E-state index in [4.69, 9.17) is 9.47 Å². The van der Waals surface area contributed by atoms with Gasteiger partial charge in [-0.1, -0.05) is 12.1 Å². The number of methoxy groups -OCH3 is 1. The van der Waals surface area contributed by atoms with E-state index in [1.807, 2.05) is 26.0 Å². The summed E-state index contributed by atoms with van der Waals surface area (Å²) in [4.78, 5) is 12.6. The predicted molar refractivity (Wildman–Crippen MR) is 114 cm³/mol. The molecule has 1 amide bonds. The minimum atomic E-state index is -3.68. The summed E-state index contributed by atoms with van der Waals surface area (Å²) in [5.74, 6) is 0.826. The number of hydrogen-bond donors (Lipinski definition) is 1. The topological polar surface area (TPSA) is 84.9 Å². The molecule has 29 heavy (non-hydrogen) atoms. The molecule has 0 saturated carbocycles. The number of ether oxygens (including phenoxy) is 2. The third-order valence-corrected chi connectivity index (χ3v) is 5.50. The van der Waals surface area contributed by atoms with Crippen molar-refractivity contribution in [2.45, 2.75) is 26.8 Å². The van der Waals surface area contributed by atoms with Gasteiger partial charge in [-0.05, 0) is 56.2 Å². The lowest BCUT2D eigenvalue weighted by Gasteiger charge is -2.28. The number of anilines is 1. The summed E-state index contributed by atoms with van der Waals surface area (Å²) in [5, 5.41) is 2.73. The molecule has 0 saturated heterocycles. The van der Waals surface area contributed by atoms with Gasteiger partial charge >= 0.3 is 0 Å². The number of amides is 1. The van der Waals surface area contributed by atoms with Crippen molar-refractivity contribution in [1.82, 2.24) is 5.32 Å². The van der Waals surface area contributed by atoms with Crippen LogP contribution in [0.15, 0.2) is 42.5 Å². The van der Waals surface area contributed by atoms with E-state index in [1.54, 1.807) is 31.2 Å². The fourth-order valence-electron chi connectivity index (χ4n) is 3.06. The average Bonchev–Trinajstić information content (AvgIpc) is 2.63. The van der Waals surface area contributed by atoms with Gasteiger partial charge < -0.3 is 14.8 Å². The number of hydrogen-bond acceptors (Lipinski definition) is 5. The molecule has 0 unspecified atom stereocenters. The predicted octanol–water partition coefficient (Wildman–Crippen LogP) is 2.66. The molecule has 0 aromatic heterocycles. The third kappa shape index (κ3) is 6.39. The van der Waals surface area contributed by atoms with Crippen LogP contribution < -0.4 is 19.1 Å². The van der Waals surface area contributed by atoms with Gasteiger partial charge in [-0.2, -0.15) is 0 Å². The Morgan fingerprint density at radius 2 is 1.76 bits per heavy atom. The maximum Gasteiger partial charge on any atom is 0.243 e. The normalized spacial score (nSPS) is 12.2. The van der Waals surface area contributed by atoms with E-state index >= 15 is 0 Å². The standard InChI is InChI=1S/C21H28N2O5S/c1-15-11-16(2)13-20(12-15)28-10-9-22-21(24)17(3)23(29(5,25)26)18-7-6-8-19(14-18)27-4/h6-8,11-14,17H,9-10H2,1-5H3,(H,22,24)/t17-/m0/s1. The quantitative estimate of drug-likeness (QED) is 0.631. The summed E-state index contributed by atoms with van der Waals surface area (Å²) >= 11 is 0. The smallest absolute Gasteiger partial charge is 0.243 e. The van der Waals surface area contributed by atoms with E-state index in [0.717, 1.165) is 27.4 Å². The molecule has 2 rings (SSSR count). The van der Waals surface area contributed by atoms with Crippen LogP contribution in [-0.4, -0.2) is 46.9 Å². The number of benzene rings is 2. The first-order valence-corrected chi connectivity index (χ1v) is 11.1. The van der Waals surface area contributed by atoms with Crippen molar-refractivity contribution in [3.05, 3.63) is 53.6 Å². The maximum absolute atomic E-state index is 12.6. The Kier molecular flexibility index (Phi) is 7.50. The first-order chi connectivity index (χ1) is 13.6. The van der Waals surface area contributed by atoms with Gasteiger partial charge in [0.25, 0.3) is 0 Å². The highest BCUT2D eigenvalue weighted by Gasteiger charge is 2.29. The second kappa shape index (κ2) is 9.65. The zero-order valence-corrected chi connectivity index (χ0v) is 18.2. The molecule has 0 bridgehead atoms. The molecular formula is C21H28N2O5S. The number of rotatable bonds is 9. The molecule has 0 heterocycles. The highest BCUT2D eigenvalue weighted by Crippen LogP contribution is 2.25. The van der Waals surface area contributed by atoms with Gasteiger partial charge in [0, 0.05) is 6.07 Å². The Balaban J connectivity index is 2.01. The molecule has 2 aromatic carbocycles. The van der Waals surface area contributed by atoms with Crippen LogP contribution in [0.25, 0.3) is 0 Å². The van der Waals surface area contributed by atoms with Crippen molar-refractivity contribution < 1.29 is 22.7 Å². The van der Waals surface area contributed by atoms with Crippen molar-refractivity contribution in [3.63, 3.8) is 0 Å². The second-order valence-corrected chi connectivity index (χ2v) is 8.76. The monoisotopic (exact) mass is 420 g/mol. The molecule has 8 heteroatoms. The Labute approximate surface area is 172 Å². The summed E-state index contributed by atoms with van der Waals surface area (Å²) in [6.45, 7) is 6.05. The molecule has 0 aliphatic rings. The molecule has 1 N–H and O–H groups in total. The highest BCUT2D eigenvalue weighted by atomic mass is 32.2. The van der Waals surface area contributed by atoms with Gasteiger partial charge in [-0.15, -0.1) is 0 Å². The van der Waals surface area contributed by atoms with Gasteiger partial charge in [0.15, 0.2) is 0 Å². The fraction of sp³-hybridized carbons (Fsp3) is 0.381. The fourth-order valence-corrected chi connectivity index (χ4v) is 4.23. The van der Waals surface area contributed by atoms with Crippen LogP contribution >= 0.6 is 0 Å². The Hall–Kier alpha value is -2.74. The molecule has 1 atom stereocenters. The van der Waals surface area contributed by atoms with Gasteiger partial charge in [0.05, 0.1) is 25.6 Å². The Morgan fingerprint density at radius 3 is 2.34 bits per heavy atom. The number of carbonyl (C=O) groups excluding carboxylic acids is 1. The van der Waals surface area contributed by atoms with Gasteiger partial charge in [0.1, 0.15) is 24.1 Å². The molecule has 2 aromatic rings. The molecular weight excluding hydrogens is 392 g/mol. The van der Waals surface area contributed by atoms with E-state index < -0.39 is 22.0 Å². The average molecular weight is 421 g/mol. The molecule has 0 aliphatic carbocycles. The van der Waals surface area contributed by atoms with Crippen molar-refractivity contribution in [1.29, 1.82) is 0 Å².